The molecule has 0 radical (unpaired) electrons. The lowest BCUT2D eigenvalue weighted by Gasteiger charge is -2.20. The fraction of sp³-hybridized carbons (Fsp3) is 0.108. The summed E-state index contributed by atoms with van der Waals surface area (Å²) < 4.78 is 10.8. The molecule has 0 saturated carbocycles. The third-order valence-electron chi connectivity index (χ3n) is 7.62. The maximum atomic E-state index is 13.7. The number of carbonyl (C=O) groups is 3. The lowest BCUT2D eigenvalue weighted by molar-refractivity contribution is -0.115. The van der Waals surface area contributed by atoms with Crippen molar-refractivity contribution in [1.29, 1.82) is 0 Å². The molecule has 5 aromatic rings. The third kappa shape index (κ3) is 6.62. The lowest BCUT2D eigenvalue weighted by atomic mass is 10.0. The van der Waals surface area contributed by atoms with Gasteiger partial charge in [0, 0.05) is 22.2 Å². The molecular formula is C37H30N4O6S. The molecular weight excluding hydrogens is 628 g/mol. The van der Waals surface area contributed by atoms with Crippen LogP contribution in [-0.2, 0) is 9.59 Å². The van der Waals surface area contributed by atoms with Crippen molar-refractivity contribution in [2.75, 3.05) is 24.4 Å². The molecule has 240 valence electrons. The van der Waals surface area contributed by atoms with E-state index in [1.54, 1.807) is 106 Å². The Morgan fingerprint density at radius 2 is 1.65 bits per heavy atom. The number of aromatic nitrogens is 1. The van der Waals surface area contributed by atoms with E-state index in [-0.39, 0.29) is 23.1 Å². The van der Waals surface area contributed by atoms with Crippen molar-refractivity contribution in [3.63, 3.8) is 0 Å². The van der Waals surface area contributed by atoms with Gasteiger partial charge in [-0.1, -0.05) is 60.3 Å². The molecule has 4 aromatic carbocycles. The number of pyridine rings is 1. The van der Waals surface area contributed by atoms with Gasteiger partial charge < -0.3 is 19.9 Å². The number of hydrogen-bond donors (Lipinski definition) is 2. The average molecular weight is 659 g/mol. The van der Waals surface area contributed by atoms with E-state index >= 15 is 0 Å². The summed E-state index contributed by atoms with van der Waals surface area (Å²) in [5, 5.41) is 13.0. The molecule has 0 spiro atoms. The largest absolute Gasteiger partial charge is 0.497 e. The van der Waals surface area contributed by atoms with Gasteiger partial charge in [-0.05, 0) is 67.6 Å². The van der Waals surface area contributed by atoms with Crippen LogP contribution >= 0.6 is 11.8 Å². The Morgan fingerprint density at radius 3 is 2.35 bits per heavy atom. The quantitative estimate of drug-likeness (QED) is 0.160. The van der Waals surface area contributed by atoms with E-state index in [9.17, 15) is 19.5 Å². The molecule has 2 heterocycles. The van der Waals surface area contributed by atoms with Crippen LogP contribution in [0.25, 0.3) is 28.2 Å². The molecule has 1 aromatic heterocycles. The number of amides is 2. The van der Waals surface area contributed by atoms with Crippen LogP contribution in [0.1, 0.15) is 22.8 Å². The highest BCUT2D eigenvalue weighted by molar-refractivity contribution is 8.15. The van der Waals surface area contributed by atoms with Crippen molar-refractivity contribution in [3.8, 4) is 22.8 Å². The molecule has 2 N–H and O–H groups in total. The van der Waals surface area contributed by atoms with Crippen molar-refractivity contribution >= 4 is 63.1 Å². The highest BCUT2D eigenvalue weighted by atomic mass is 32.2. The van der Waals surface area contributed by atoms with Gasteiger partial charge in [-0.2, -0.15) is 0 Å². The summed E-state index contributed by atoms with van der Waals surface area (Å²) in [5.74, 6) is -0.517. The molecule has 1 atom stereocenters. The summed E-state index contributed by atoms with van der Waals surface area (Å²) in [6.07, 6.45) is 1.64. The second-order valence-electron chi connectivity index (χ2n) is 10.7. The molecule has 0 bridgehead atoms. The number of para-hydroxylation sites is 2. The van der Waals surface area contributed by atoms with Gasteiger partial charge in [-0.3, -0.25) is 14.5 Å². The summed E-state index contributed by atoms with van der Waals surface area (Å²) in [6, 6.07) is 30.0. The number of aromatic carboxylic acids is 1. The molecule has 6 rings (SSSR count). The molecule has 1 unspecified atom stereocenters. The van der Waals surface area contributed by atoms with Gasteiger partial charge in [0.15, 0.2) is 5.17 Å². The predicted molar refractivity (Wildman–Crippen MR) is 189 cm³/mol. The van der Waals surface area contributed by atoms with Crippen molar-refractivity contribution in [2.24, 2.45) is 4.99 Å². The van der Waals surface area contributed by atoms with Gasteiger partial charge in [-0.15, -0.1) is 0 Å². The zero-order valence-electron chi connectivity index (χ0n) is 26.2. The molecule has 1 aliphatic rings. The highest BCUT2D eigenvalue weighted by Crippen LogP contribution is 2.34. The Labute approximate surface area is 280 Å². The Morgan fingerprint density at radius 1 is 0.917 bits per heavy atom. The number of methoxy groups -OCH3 is 2. The first-order valence-electron chi connectivity index (χ1n) is 14.9. The molecule has 2 amide bonds. The van der Waals surface area contributed by atoms with Gasteiger partial charge in [-0.25, -0.2) is 14.8 Å². The second kappa shape index (κ2) is 13.8. The number of aliphatic imine (C=N–C) groups is 1. The van der Waals surface area contributed by atoms with E-state index in [4.69, 9.17) is 9.47 Å². The number of hydrogen-bond acceptors (Lipinski definition) is 8. The smallest absolute Gasteiger partial charge is 0.336 e. The molecule has 0 aliphatic carbocycles. The molecule has 0 fully saturated rings. The number of anilines is 2. The summed E-state index contributed by atoms with van der Waals surface area (Å²) in [7, 11) is 3.10. The standard InChI is InChI=1S/C37H30N4O6S/c1-22(34(42)38-25-15-13-23(14-16-25)31-21-29(36(44)45)28-11-7-8-12-30(28)39-31)48-37-40-32(35(43)41(37)26-9-5-4-6-10-26)20-24-19-27(46-2)17-18-33(24)47-3/h4-22H,1-3H3,(H,38,42)(H,44,45)/b32-20+. The first kappa shape index (κ1) is 32.0. The van der Waals surface area contributed by atoms with Crippen LogP contribution in [-0.4, -0.2) is 52.5 Å². The van der Waals surface area contributed by atoms with Gasteiger partial charge in [0.1, 0.15) is 17.2 Å². The number of carbonyl (C=O) groups excluding carboxylic acids is 2. The topological polar surface area (TPSA) is 130 Å². The summed E-state index contributed by atoms with van der Waals surface area (Å²) >= 11 is 1.16. The number of nitrogens with zero attached hydrogens (tertiary/aromatic N) is 3. The van der Waals surface area contributed by atoms with Crippen LogP contribution in [0.15, 0.2) is 114 Å². The average Bonchev–Trinajstić information content (AvgIpc) is 3.41. The number of thioether (sulfide) groups is 1. The number of nitrogens with one attached hydrogen (secondary N) is 1. The van der Waals surface area contributed by atoms with Gasteiger partial charge in [0.2, 0.25) is 5.91 Å². The molecule has 10 nitrogen and oxygen atoms in total. The van der Waals surface area contributed by atoms with Crippen LogP contribution in [0, 0.1) is 0 Å². The molecule has 11 heteroatoms. The second-order valence-corrected chi connectivity index (χ2v) is 12.0. The Hall–Kier alpha value is -5.94. The van der Waals surface area contributed by atoms with Crippen LogP contribution in [0.3, 0.4) is 0 Å². The Balaban J connectivity index is 1.22. The number of amidine groups is 1. The first-order valence-corrected chi connectivity index (χ1v) is 15.8. The van der Waals surface area contributed by atoms with Crippen molar-refractivity contribution in [3.05, 3.63) is 120 Å². The maximum absolute atomic E-state index is 13.7. The Bertz CT molecular complexity index is 2100. The van der Waals surface area contributed by atoms with Gasteiger partial charge in [0.05, 0.1) is 41.9 Å². The molecule has 0 saturated heterocycles. The minimum atomic E-state index is -1.03. The number of benzene rings is 4. The SMILES string of the molecule is COc1ccc(OC)c(/C=C2/N=C(SC(C)C(=O)Nc3ccc(-c4cc(C(=O)O)c5ccccc5n4)cc3)N(c3ccccc3)C2=O)c1. The molecule has 1 aliphatic heterocycles. The highest BCUT2D eigenvalue weighted by Gasteiger charge is 2.34. The van der Waals surface area contributed by atoms with E-state index < -0.39 is 11.2 Å². The van der Waals surface area contributed by atoms with Crippen LogP contribution in [0.4, 0.5) is 11.4 Å². The fourth-order valence-electron chi connectivity index (χ4n) is 5.16. The zero-order valence-corrected chi connectivity index (χ0v) is 27.0. The maximum Gasteiger partial charge on any atom is 0.336 e. The van der Waals surface area contributed by atoms with E-state index in [1.165, 1.54) is 4.90 Å². The third-order valence-corrected chi connectivity index (χ3v) is 8.67. The minimum Gasteiger partial charge on any atom is -0.497 e. The number of carboxylic acid groups (broad SMARTS) is 1. The zero-order chi connectivity index (χ0) is 33.8. The minimum absolute atomic E-state index is 0.164. The van der Waals surface area contributed by atoms with Gasteiger partial charge in [0.25, 0.3) is 5.91 Å². The lowest BCUT2D eigenvalue weighted by Crippen LogP contribution is -2.33. The van der Waals surface area contributed by atoms with E-state index in [2.05, 4.69) is 15.3 Å². The van der Waals surface area contributed by atoms with E-state index in [1.807, 2.05) is 24.3 Å². The Kier molecular flexibility index (Phi) is 9.22. The monoisotopic (exact) mass is 658 g/mol. The van der Waals surface area contributed by atoms with Crippen molar-refractivity contribution in [1.82, 2.24) is 4.98 Å². The van der Waals surface area contributed by atoms with Crippen LogP contribution in [0.2, 0.25) is 0 Å². The van der Waals surface area contributed by atoms with Crippen LogP contribution < -0.4 is 19.7 Å². The molecule has 48 heavy (non-hydrogen) atoms. The number of ether oxygens (including phenoxy) is 2. The number of carboxylic acids is 1. The van der Waals surface area contributed by atoms with Gasteiger partial charge >= 0.3 is 5.97 Å². The summed E-state index contributed by atoms with van der Waals surface area (Å²) in [5.41, 5.74) is 3.92. The van der Waals surface area contributed by atoms with E-state index in [0.29, 0.717) is 55.8 Å². The number of fused-ring (bicyclic) bond motifs is 1. The van der Waals surface area contributed by atoms with Crippen molar-refractivity contribution < 1.29 is 29.0 Å². The normalized spacial score (nSPS) is 14.1. The van der Waals surface area contributed by atoms with Crippen LogP contribution in [0.5, 0.6) is 11.5 Å². The fourth-order valence-corrected chi connectivity index (χ4v) is 6.09. The summed E-state index contributed by atoms with van der Waals surface area (Å²) in [6.45, 7) is 1.74. The van der Waals surface area contributed by atoms with E-state index in [0.717, 1.165) is 11.8 Å². The predicted octanol–water partition coefficient (Wildman–Crippen LogP) is 7.12. The first-order chi connectivity index (χ1) is 23.2. The summed E-state index contributed by atoms with van der Waals surface area (Å²) in [4.78, 5) is 49.8. The number of rotatable bonds is 9. The van der Waals surface area contributed by atoms with Crippen molar-refractivity contribution in [2.45, 2.75) is 12.2 Å².